The van der Waals surface area contributed by atoms with Crippen LogP contribution in [-0.4, -0.2) is 25.0 Å². The molecule has 2 heterocycles. The maximum absolute atomic E-state index is 10.3. The molecule has 0 spiro atoms. The molecular formula is C33H29N3O3. The molecular weight excluding hydrogens is 486 g/mol. The van der Waals surface area contributed by atoms with Gasteiger partial charge in [0.2, 0.25) is 5.88 Å². The Morgan fingerprint density at radius 2 is 1.46 bits per heavy atom. The van der Waals surface area contributed by atoms with E-state index in [1.54, 1.807) is 20.4 Å². The largest absolute Gasteiger partial charge is 0.497 e. The van der Waals surface area contributed by atoms with E-state index in [1.165, 1.54) is 5.56 Å². The normalized spacial score (nSPS) is 11.1. The Hall–Kier alpha value is -5.02. The second-order valence-electron chi connectivity index (χ2n) is 9.26. The highest BCUT2D eigenvalue weighted by Crippen LogP contribution is 2.43. The third-order valence-corrected chi connectivity index (χ3v) is 6.88. The number of nitriles is 1. The topological polar surface area (TPSA) is 72.7 Å². The lowest BCUT2D eigenvalue weighted by Crippen LogP contribution is -2.01. The number of furan rings is 1. The minimum Gasteiger partial charge on any atom is -0.497 e. The monoisotopic (exact) mass is 515 g/mol. The molecule has 0 fully saturated rings. The Bertz CT molecular complexity index is 1700. The van der Waals surface area contributed by atoms with Crippen LogP contribution in [0.2, 0.25) is 0 Å². The zero-order chi connectivity index (χ0) is 27.5. The molecule has 0 N–H and O–H groups in total. The molecule has 6 nitrogen and oxygen atoms in total. The van der Waals surface area contributed by atoms with Crippen LogP contribution in [0, 0.1) is 32.1 Å². The molecule has 0 saturated carbocycles. The summed E-state index contributed by atoms with van der Waals surface area (Å²) in [5.41, 5.74) is 8.13. The van der Waals surface area contributed by atoms with Crippen molar-refractivity contribution in [2.45, 2.75) is 20.8 Å². The highest BCUT2D eigenvalue weighted by Gasteiger charge is 2.23. The molecule has 5 aromatic rings. The van der Waals surface area contributed by atoms with E-state index < -0.39 is 0 Å². The van der Waals surface area contributed by atoms with Gasteiger partial charge in [0.15, 0.2) is 0 Å². The number of aryl methyl sites for hydroxylation is 2. The number of nitrogens with zero attached hydrogens (tertiary/aromatic N) is 3. The average Bonchev–Trinajstić information content (AvgIpc) is 3.48. The predicted octanol–water partition coefficient (Wildman–Crippen LogP) is 7.97. The molecule has 0 radical (unpaired) electrons. The van der Waals surface area contributed by atoms with E-state index in [-0.39, 0.29) is 5.88 Å². The van der Waals surface area contributed by atoms with Gasteiger partial charge >= 0.3 is 0 Å². The third kappa shape index (κ3) is 4.83. The van der Waals surface area contributed by atoms with Crippen LogP contribution in [0.1, 0.15) is 28.1 Å². The van der Waals surface area contributed by atoms with Crippen molar-refractivity contribution in [3.8, 4) is 45.7 Å². The number of rotatable bonds is 7. The first kappa shape index (κ1) is 25.6. The summed E-state index contributed by atoms with van der Waals surface area (Å²) in [7, 11) is 3.25. The Kier molecular flexibility index (Phi) is 7.07. The van der Waals surface area contributed by atoms with Gasteiger partial charge in [-0.15, -0.1) is 0 Å². The van der Waals surface area contributed by atoms with E-state index in [0.717, 1.165) is 45.3 Å². The molecule has 0 unspecified atom stereocenters. The van der Waals surface area contributed by atoms with Gasteiger partial charge < -0.3 is 18.5 Å². The second-order valence-corrected chi connectivity index (χ2v) is 9.26. The van der Waals surface area contributed by atoms with Crippen LogP contribution >= 0.6 is 0 Å². The summed E-state index contributed by atoms with van der Waals surface area (Å²) in [5.74, 6) is 2.29. The zero-order valence-corrected chi connectivity index (χ0v) is 22.6. The van der Waals surface area contributed by atoms with Gasteiger partial charge in [-0.2, -0.15) is 5.26 Å². The fourth-order valence-corrected chi connectivity index (χ4v) is 4.82. The summed E-state index contributed by atoms with van der Waals surface area (Å²) in [6.45, 7) is 6.25. The van der Waals surface area contributed by atoms with Crippen molar-refractivity contribution in [3.05, 3.63) is 107 Å². The van der Waals surface area contributed by atoms with Crippen LogP contribution < -0.4 is 9.47 Å². The van der Waals surface area contributed by atoms with Gasteiger partial charge in [-0.1, -0.05) is 30.3 Å². The standard InChI is InChI=1S/C33H29N3O3/c1-21-8-6-7-9-30(21)36-22(2)18-26(23(36)3)20-35-33-29(19-34)31(24-10-14-27(37-4)15-11-24)32(39-33)25-12-16-28(38-5)17-13-25/h6-18,20H,1-5H3. The van der Waals surface area contributed by atoms with Crippen LogP contribution in [0.5, 0.6) is 11.5 Å². The minimum atomic E-state index is 0.259. The number of aromatic nitrogens is 1. The number of benzene rings is 3. The van der Waals surface area contributed by atoms with Crippen LogP contribution in [0.3, 0.4) is 0 Å². The molecule has 194 valence electrons. The number of methoxy groups -OCH3 is 2. The summed E-state index contributed by atoms with van der Waals surface area (Å²) >= 11 is 0. The van der Waals surface area contributed by atoms with Crippen LogP contribution in [0.15, 0.2) is 88.3 Å². The quantitative estimate of drug-likeness (QED) is 0.206. The van der Waals surface area contributed by atoms with E-state index in [1.807, 2.05) is 60.7 Å². The van der Waals surface area contributed by atoms with Crippen LogP contribution in [0.25, 0.3) is 28.1 Å². The molecule has 2 aromatic heterocycles. The van der Waals surface area contributed by atoms with E-state index >= 15 is 0 Å². The fraction of sp³-hybridized carbons (Fsp3) is 0.152. The fourth-order valence-electron chi connectivity index (χ4n) is 4.82. The molecule has 3 aromatic carbocycles. The van der Waals surface area contributed by atoms with Gasteiger partial charge in [0, 0.05) is 40.0 Å². The maximum atomic E-state index is 10.3. The van der Waals surface area contributed by atoms with E-state index in [4.69, 9.17) is 18.9 Å². The summed E-state index contributed by atoms with van der Waals surface area (Å²) in [6, 6.07) is 27.8. The molecule has 0 aliphatic carbocycles. The van der Waals surface area contributed by atoms with Gasteiger partial charge in [-0.25, -0.2) is 4.99 Å². The molecule has 0 aliphatic rings. The average molecular weight is 516 g/mol. The Labute approximate surface area is 228 Å². The number of para-hydroxylation sites is 1. The van der Waals surface area contributed by atoms with Gasteiger partial charge in [0.25, 0.3) is 0 Å². The highest BCUT2D eigenvalue weighted by atomic mass is 16.5. The molecule has 0 amide bonds. The predicted molar refractivity (Wildman–Crippen MR) is 155 cm³/mol. The Morgan fingerprint density at radius 1 is 0.846 bits per heavy atom. The van der Waals surface area contributed by atoms with Gasteiger partial charge in [0.1, 0.15) is 28.9 Å². The Morgan fingerprint density at radius 3 is 2.05 bits per heavy atom. The van der Waals surface area contributed by atoms with Crippen molar-refractivity contribution in [1.29, 1.82) is 5.26 Å². The van der Waals surface area contributed by atoms with Crippen molar-refractivity contribution in [3.63, 3.8) is 0 Å². The Balaban J connectivity index is 1.63. The minimum absolute atomic E-state index is 0.259. The number of hydrogen-bond acceptors (Lipinski definition) is 5. The molecule has 39 heavy (non-hydrogen) atoms. The van der Waals surface area contributed by atoms with Gasteiger partial charge in [0.05, 0.1) is 14.2 Å². The number of hydrogen-bond donors (Lipinski definition) is 0. The number of ether oxygens (including phenoxy) is 2. The zero-order valence-electron chi connectivity index (χ0n) is 22.6. The lowest BCUT2D eigenvalue weighted by molar-refractivity contribution is 0.414. The lowest BCUT2D eigenvalue weighted by Gasteiger charge is -2.12. The van der Waals surface area contributed by atoms with Crippen LogP contribution in [-0.2, 0) is 0 Å². The molecule has 0 aliphatic heterocycles. The van der Waals surface area contributed by atoms with Crippen molar-refractivity contribution < 1.29 is 13.9 Å². The second kappa shape index (κ2) is 10.8. The first-order valence-corrected chi connectivity index (χ1v) is 12.6. The smallest absolute Gasteiger partial charge is 0.238 e. The third-order valence-electron chi connectivity index (χ3n) is 6.88. The molecule has 5 rings (SSSR count). The van der Waals surface area contributed by atoms with Gasteiger partial charge in [-0.3, -0.25) is 0 Å². The lowest BCUT2D eigenvalue weighted by atomic mass is 9.98. The number of aliphatic imine (C=N–C) groups is 1. The molecule has 0 bridgehead atoms. The van der Waals surface area contributed by atoms with Gasteiger partial charge in [-0.05, 0) is 80.4 Å². The van der Waals surface area contributed by atoms with Crippen molar-refractivity contribution in [1.82, 2.24) is 4.57 Å². The first-order chi connectivity index (χ1) is 18.9. The summed E-state index contributed by atoms with van der Waals surface area (Å²) in [5, 5.41) is 10.3. The molecule has 6 heteroatoms. The van der Waals surface area contributed by atoms with Crippen molar-refractivity contribution in [2.75, 3.05) is 14.2 Å². The van der Waals surface area contributed by atoms with E-state index in [9.17, 15) is 5.26 Å². The SMILES string of the molecule is COc1ccc(-c2oc(N=Cc3cc(C)n(-c4ccccc4C)c3C)c(C#N)c2-c2ccc(OC)cc2)cc1. The summed E-state index contributed by atoms with van der Waals surface area (Å²) in [4.78, 5) is 4.70. The summed E-state index contributed by atoms with van der Waals surface area (Å²) < 4.78 is 19.2. The van der Waals surface area contributed by atoms with Crippen LogP contribution in [0.4, 0.5) is 5.88 Å². The molecule has 0 atom stereocenters. The maximum Gasteiger partial charge on any atom is 0.238 e. The first-order valence-electron chi connectivity index (χ1n) is 12.6. The van der Waals surface area contributed by atoms with Crippen molar-refractivity contribution in [2.24, 2.45) is 4.99 Å². The summed E-state index contributed by atoms with van der Waals surface area (Å²) in [6.07, 6.45) is 1.77. The van der Waals surface area contributed by atoms with E-state index in [0.29, 0.717) is 16.9 Å². The highest BCUT2D eigenvalue weighted by molar-refractivity contribution is 5.90. The molecule has 0 saturated heterocycles. The van der Waals surface area contributed by atoms with E-state index in [2.05, 4.69) is 49.6 Å². The van der Waals surface area contributed by atoms with Crippen molar-refractivity contribution >= 4 is 12.1 Å².